The predicted molar refractivity (Wildman–Crippen MR) is 81.2 cm³/mol. The van der Waals surface area contributed by atoms with Gasteiger partial charge in [0.1, 0.15) is 12.4 Å². The molecule has 108 valence electrons. The fourth-order valence-corrected chi connectivity index (χ4v) is 1.92. The summed E-state index contributed by atoms with van der Waals surface area (Å²) in [7, 11) is 0. The van der Waals surface area contributed by atoms with Crippen molar-refractivity contribution in [3.05, 3.63) is 65.0 Å². The first-order valence-corrected chi connectivity index (χ1v) is 6.61. The standard InChI is InChI=1S/C17H17NO3/c1-12-6-8-16(14(10-12)7-9-17(19)20)21-11-15-5-3-4-13(2)18-15/h3-10H,11H2,1-2H3,(H,19,20). The molecule has 1 heterocycles. The largest absolute Gasteiger partial charge is 0.487 e. The summed E-state index contributed by atoms with van der Waals surface area (Å²) in [5.41, 5.74) is 3.56. The molecule has 0 saturated heterocycles. The molecule has 1 aromatic heterocycles. The van der Waals surface area contributed by atoms with E-state index in [4.69, 9.17) is 9.84 Å². The molecule has 4 heteroatoms. The zero-order valence-corrected chi connectivity index (χ0v) is 12.0. The summed E-state index contributed by atoms with van der Waals surface area (Å²) in [6.45, 7) is 4.22. The minimum absolute atomic E-state index is 0.346. The van der Waals surface area contributed by atoms with E-state index in [-0.39, 0.29) is 0 Å². The Balaban J connectivity index is 2.17. The van der Waals surface area contributed by atoms with Crippen LogP contribution in [0, 0.1) is 13.8 Å². The maximum absolute atomic E-state index is 10.6. The van der Waals surface area contributed by atoms with Crippen LogP contribution in [0.25, 0.3) is 6.08 Å². The lowest BCUT2D eigenvalue weighted by Crippen LogP contribution is -2.00. The molecule has 0 bridgehead atoms. The minimum atomic E-state index is -0.984. The van der Waals surface area contributed by atoms with E-state index in [2.05, 4.69) is 4.98 Å². The normalized spacial score (nSPS) is 10.8. The minimum Gasteiger partial charge on any atom is -0.487 e. The highest BCUT2D eigenvalue weighted by molar-refractivity contribution is 5.85. The van der Waals surface area contributed by atoms with Gasteiger partial charge in [-0.15, -0.1) is 0 Å². The number of carboxylic acids is 1. The number of aromatic nitrogens is 1. The van der Waals surface area contributed by atoms with Crippen molar-refractivity contribution in [2.24, 2.45) is 0 Å². The van der Waals surface area contributed by atoms with Crippen LogP contribution in [0.4, 0.5) is 0 Å². The first-order chi connectivity index (χ1) is 10.0. The van der Waals surface area contributed by atoms with Crippen LogP contribution in [0.3, 0.4) is 0 Å². The summed E-state index contributed by atoms with van der Waals surface area (Å²) in [5, 5.41) is 8.74. The Morgan fingerprint density at radius 2 is 2.10 bits per heavy atom. The lowest BCUT2D eigenvalue weighted by atomic mass is 10.1. The Kier molecular flexibility index (Phi) is 4.72. The summed E-state index contributed by atoms with van der Waals surface area (Å²) in [5.74, 6) is -0.343. The van der Waals surface area contributed by atoms with Gasteiger partial charge in [0, 0.05) is 17.3 Å². The van der Waals surface area contributed by atoms with Crippen LogP contribution < -0.4 is 4.74 Å². The quantitative estimate of drug-likeness (QED) is 0.855. The molecule has 0 aliphatic carbocycles. The van der Waals surface area contributed by atoms with Crippen molar-refractivity contribution in [2.45, 2.75) is 20.5 Å². The highest BCUT2D eigenvalue weighted by Crippen LogP contribution is 2.22. The second kappa shape index (κ2) is 6.70. The third-order valence-electron chi connectivity index (χ3n) is 2.89. The summed E-state index contributed by atoms with van der Waals surface area (Å²) in [6, 6.07) is 11.4. The molecule has 0 radical (unpaired) electrons. The summed E-state index contributed by atoms with van der Waals surface area (Å²) < 4.78 is 5.76. The molecule has 4 nitrogen and oxygen atoms in total. The molecule has 2 aromatic rings. The molecule has 0 fully saturated rings. The van der Waals surface area contributed by atoms with Crippen molar-refractivity contribution in [1.29, 1.82) is 0 Å². The second-order valence-corrected chi connectivity index (χ2v) is 4.77. The molecule has 0 aliphatic rings. The smallest absolute Gasteiger partial charge is 0.328 e. The van der Waals surface area contributed by atoms with Crippen molar-refractivity contribution >= 4 is 12.0 Å². The van der Waals surface area contributed by atoms with Crippen molar-refractivity contribution < 1.29 is 14.6 Å². The van der Waals surface area contributed by atoms with E-state index >= 15 is 0 Å². The Labute approximate surface area is 123 Å². The number of hydrogen-bond acceptors (Lipinski definition) is 3. The monoisotopic (exact) mass is 283 g/mol. The summed E-state index contributed by atoms with van der Waals surface area (Å²) >= 11 is 0. The number of hydrogen-bond donors (Lipinski definition) is 1. The molecule has 0 saturated carbocycles. The average molecular weight is 283 g/mol. The first kappa shape index (κ1) is 14.8. The summed E-state index contributed by atoms with van der Waals surface area (Å²) in [6.07, 6.45) is 2.64. The number of aliphatic carboxylic acids is 1. The van der Waals surface area contributed by atoms with Gasteiger partial charge in [-0.05, 0) is 44.2 Å². The van der Waals surface area contributed by atoms with Gasteiger partial charge < -0.3 is 9.84 Å². The second-order valence-electron chi connectivity index (χ2n) is 4.77. The molecule has 0 unspecified atom stereocenters. The first-order valence-electron chi connectivity index (χ1n) is 6.61. The van der Waals surface area contributed by atoms with Crippen LogP contribution in [-0.2, 0) is 11.4 Å². The Bertz CT molecular complexity index is 677. The molecule has 0 atom stereocenters. The van der Waals surface area contributed by atoms with Gasteiger partial charge in [-0.2, -0.15) is 0 Å². The van der Waals surface area contributed by atoms with Crippen LogP contribution in [0.1, 0.15) is 22.5 Å². The highest BCUT2D eigenvalue weighted by Gasteiger charge is 2.04. The number of benzene rings is 1. The number of aryl methyl sites for hydroxylation is 2. The lowest BCUT2D eigenvalue weighted by molar-refractivity contribution is -0.131. The molecule has 1 N–H and O–H groups in total. The Hall–Kier alpha value is -2.62. The maximum Gasteiger partial charge on any atom is 0.328 e. The van der Waals surface area contributed by atoms with Crippen LogP contribution >= 0.6 is 0 Å². The fourth-order valence-electron chi connectivity index (χ4n) is 1.92. The average Bonchev–Trinajstić information content (AvgIpc) is 2.44. The third kappa shape index (κ3) is 4.45. The van der Waals surface area contributed by atoms with E-state index in [0.29, 0.717) is 12.4 Å². The van der Waals surface area contributed by atoms with Crippen molar-refractivity contribution in [2.75, 3.05) is 0 Å². The van der Waals surface area contributed by atoms with E-state index in [1.165, 1.54) is 6.08 Å². The predicted octanol–water partition coefficient (Wildman–Crippen LogP) is 3.38. The Morgan fingerprint density at radius 3 is 2.81 bits per heavy atom. The Morgan fingerprint density at radius 1 is 1.29 bits per heavy atom. The van der Waals surface area contributed by atoms with Gasteiger partial charge in [-0.3, -0.25) is 4.98 Å². The summed E-state index contributed by atoms with van der Waals surface area (Å²) in [4.78, 5) is 15.0. The van der Waals surface area contributed by atoms with Crippen LogP contribution in [0.5, 0.6) is 5.75 Å². The molecule has 21 heavy (non-hydrogen) atoms. The van der Waals surface area contributed by atoms with Gasteiger partial charge in [0.15, 0.2) is 0 Å². The lowest BCUT2D eigenvalue weighted by Gasteiger charge is -2.10. The van der Waals surface area contributed by atoms with E-state index in [1.807, 2.05) is 50.2 Å². The molecular formula is C17H17NO3. The molecule has 0 aliphatic heterocycles. The van der Waals surface area contributed by atoms with E-state index in [0.717, 1.165) is 28.6 Å². The number of carboxylic acid groups (broad SMARTS) is 1. The molecule has 1 aromatic carbocycles. The fraction of sp³-hybridized carbons (Fsp3) is 0.176. The van der Waals surface area contributed by atoms with Crippen LogP contribution in [-0.4, -0.2) is 16.1 Å². The van der Waals surface area contributed by atoms with Crippen LogP contribution in [0.2, 0.25) is 0 Å². The number of ether oxygens (including phenoxy) is 1. The van der Waals surface area contributed by atoms with Gasteiger partial charge in [0.25, 0.3) is 0 Å². The molecule has 0 amide bonds. The zero-order valence-electron chi connectivity index (χ0n) is 12.0. The van der Waals surface area contributed by atoms with Crippen molar-refractivity contribution in [3.63, 3.8) is 0 Å². The van der Waals surface area contributed by atoms with E-state index < -0.39 is 5.97 Å². The van der Waals surface area contributed by atoms with Gasteiger partial charge in [0.05, 0.1) is 5.69 Å². The van der Waals surface area contributed by atoms with Crippen molar-refractivity contribution in [1.82, 2.24) is 4.98 Å². The van der Waals surface area contributed by atoms with E-state index in [1.54, 1.807) is 0 Å². The van der Waals surface area contributed by atoms with Crippen LogP contribution in [0.15, 0.2) is 42.5 Å². The van der Waals surface area contributed by atoms with Gasteiger partial charge in [-0.1, -0.05) is 17.7 Å². The molecule has 0 spiro atoms. The maximum atomic E-state index is 10.6. The number of nitrogens with zero attached hydrogens (tertiary/aromatic N) is 1. The number of pyridine rings is 1. The zero-order chi connectivity index (χ0) is 15.2. The molecular weight excluding hydrogens is 266 g/mol. The third-order valence-corrected chi connectivity index (χ3v) is 2.89. The number of carbonyl (C=O) groups is 1. The van der Waals surface area contributed by atoms with Gasteiger partial charge in [0.2, 0.25) is 0 Å². The topological polar surface area (TPSA) is 59.4 Å². The van der Waals surface area contributed by atoms with Gasteiger partial charge in [-0.25, -0.2) is 4.79 Å². The highest BCUT2D eigenvalue weighted by atomic mass is 16.5. The SMILES string of the molecule is Cc1ccc(OCc2cccc(C)n2)c(C=CC(=O)O)c1. The number of rotatable bonds is 5. The van der Waals surface area contributed by atoms with Crippen molar-refractivity contribution in [3.8, 4) is 5.75 Å². The van der Waals surface area contributed by atoms with Gasteiger partial charge >= 0.3 is 5.97 Å². The van der Waals surface area contributed by atoms with E-state index in [9.17, 15) is 4.79 Å². The molecule has 2 rings (SSSR count).